The van der Waals surface area contributed by atoms with Gasteiger partial charge >= 0.3 is 0 Å². The van der Waals surface area contributed by atoms with Crippen LogP contribution in [0.25, 0.3) is 0 Å². The number of hydrogen-bond donors (Lipinski definition) is 1. The first-order chi connectivity index (χ1) is 3.55. The second-order valence-corrected chi connectivity index (χ2v) is 2.66. The van der Waals surface area contributed by atoms with Gasteiger partial charge in [-0.15, -0.1) is 11.6 Å². The Bertz CT molecular complexity index is 88.5. The van der Waals surface area contributed by atoms with Gasteiger partial charge in [0.15, 0.2) is 0 Å². The first-order valence-electron chi connectivity index (χ1n) is 2.53. The minimum absolute atomic E-state index is 0.229. The quantitative estimate of drug-likeness (QED) is 0.449. The van der Waals surface area contributed by atoms with Gasteiger partial charge in [0.2, 0.25) is 0 Å². The molecule has 0 aromatic carbocycles. The molecule has 0 radical (unpaired) electrons. The van der Waals surface area contributed by atoms with E-state index in [9.17, 15) is 0 Å². The molecular formula is C6H11ClO. The first kappa shape index (κ1) is 7.99. The fraction of sp³-hybridized carbons (Fsp3) is 0.667. The van der Waals surface area contributed by atoms with Crippen LogP contribution < -0.4 is 0 Å². The maximum Gasteiger partial charge on any atom is 0.0905 e. The monoisotopic (exact) mass is 134 g/mol. The average molecular weight is 135 g/mol. The molecule has 0 aliphatic carbocycles. The molecule has 1 N–H and O–H groups in total. The molecule has 48 valence electrons. The molecule has 1 nitrogen and oxygen atoms in total. The van der Waals surface area contributed by atoms with E-state index >= 15 is 0 Å². The van der Waals surface area contributed by atoms with Gasteiger partial charge in [0.25, 0.3) is 0 Å². The molecule has 0 saturated carbocycles. The third kappa shape index (κ3) is 2.34. The number of aliphatic hydroxyl groups excluding tert-OH is 1. The highest BCUT2D eigenvalue weighted by Crippen LogP contribution is 2.07. The Labute approximate surface area is 55.0 Å². The van der Waals surface area contributed by atoms with Gasteiger partial charge in [-0.2, -0.15) is 0 Å². The topological polar surface area (TPSA) is 20.2 Å². The summed E-state index contributed by atoms with van der Waals surface area (Å²) in [4.78, 5) is 0. The fourth-order valence-corrected chi connectivity index (χ4v) is 0.607. The van der Waals surface area contributed by atoms with Crippen molar-refractivity contribution in [3.05, 3.63) is 12.2 Å². The third-order valence-electron chi connectivity index (χ3n) is 0.940. The molecule has 0 aliphatic rings. The van der Waals surface area contributed by atoms with Crippen LogP contribution in [0.5, 0.6) is 0 Å². The van der Waals surface area contributed by atoms with E-state index in [1.165, 1.54) is 0 Å². The molecule has 0 bridgehead atoms. The van der Waals surface area contributed by atoms with Crippen molar-refractivity contribution in [1.82, 2.24) is 0 Å². The Kier molecular flexibility index (Phi) is 3.10. The number of hydrogen-bond acceptors (Lipinski definition) is 1. The molecule has 0 fully saturated rings. The van der Waals surface area contributed by atoms with Gasteiger partial charge in [0, 0.05) is 0 Å². The van der Waals surface area contributed by atoms with Crippen molar-refractivity contribution in [2.24, 2.45) is 0 Å². The molecule has 2 atom stereocenters. The molecule has 2 unspecified atom stereocenters. The standard InChI is InChI=1S/C6H11ClO/c1-4(2)6(8)5(3)7/h5-6,8H,1H2,2-3H3. The molecule has 0 rings (SSSR count). The highest BCUT2D eigenvalue weighted by atomic mass is 35.5. The minimum Gasteiger partial charge on any atom is -0.387 e. The van der Waals surface area contributed by atoms with E-state index in [2.05, 4.69) is 6.58 Å². The summed E-state index contributed by atoms with van der Waals surface area (Å²) in [7, 11) is 0. The lowest BCUT2D eigenvalue weighted by molar-refractivity contribution is 0.210. The van der Waals surface area contributed by atoms with Crippen molar-refractivity contribution in [2.45, 2.75) is 25.3 Å². The molecule has 0 spiro atoms. The molecule has 0 aliphatic heterocycles. The predicted molar refractivity (Wildman–Crippen MR) is 36.1 cm³/mol. The molecular weight excluding hydrogens is 124 g/mol. The smallest absolute Gasteiger partial charge is 0.0905 e. The molecule has 2 heteroatoms. The van der Waals surface area contributed by atoms with Crippen LogP contribution in [0, 0.1) is 0 Å². The van der Waals surface area contributed by atoms with Crippen LogP contribution in [0.2, 0.25) is 0 Å². The maximum atomic E-state index is 8.97. The van der Waals surface area contributed by atoms with E-state index in [1.807, 2.05) is 0 Å². The van der Waals surface area contributed by atoms with Gasteiger partial charge in [-0.1, -0.05) is 12.2 Å². The van der Waals surface area contributed by atoms with Crippen LogP contribution in [0.3, 0.4) is 0 Å². The number of rotatable bonds is 2. The predicted octanol–water partition coefficient (Wildman–Crippen LogP) is 1.55. The molecule has 0 heterocycles. The van der Waals surface area contributed by atoms with Crippen LogP contribution in [0.4, 0.5) is 0 Å². The van der Waals surface area contributed by atoms with Crippen LogP contribution in [-0.2, 0) is 0 Å². The summed E-state index contributed by atoms with van der Waals surface area (Å²) in [5.41, 5.74) is 0.715. The van der Waals surface area contributed by atoms with Crippen molar-refractivity contribution in [3.8, 4) is 0 Å². The fourth-order valence-electron chi connectivity index (χ4n) is 0.392. The Morgan fingerprint density at radius 1 is 1.75 bits per heavy atom. The highest BCUT2D eigenvalue weighted by Gasteiger charge is 2.09. The van der Waals surface area contributed by atoms with Crippen molar-refractivity contribution < 1.29 is 5.11 Å². The van der Waals surface area contributed by atoms with E-state index < -0.39 is 6.10 Å². The normalized spacial score (nSPS) is 17.5. The lowest BCUT2D eigenvalue weighted by atomic mass is 10.1. The molecule has 0 aromatic heterocycles. The van der Waals surface area contributed by atoms with Crippen LogP contribution in [-0.4, -0.2) is 16.6 Å². The SMILES string of the molecule is C=C(C)C(O)C(C)Cl. The third-order valence-corrected chi connectivity index (χ3v) is 1.18. The van der Waals surface area contributed by atoms with Crippen LogP contribution in [0.15, 0.2) is 12.2 Å². The van der Waals surface area contributed by atoms with Gasteiger partial charge < -0.3 is 5.11 Å². The van der Waals surface area contributed by atoms with Gasteiger partial charge in [0.05, 0.1) is 11.5 Å². The Morgan fingerprint density at radius 3 is 2.12 bits per heavy atom. The lowest BCUT2D eigenvalue weighted by Crippen LogP contribution is -2.17. The zero-order chi connectivity index (χ0) is 6.73. The van der Waals surface area contributed by atoms with Gasteiger partial charge in [-0.25, -0.2) is 0 Å². The zero-order valence-electron chi connectivity index (χ0n) is 5.19. The summed E-state index contributed by atoms with van der Waals surface area (Å²) in [6.07, 6.45) is -0.559. The second kappa shape index (κ2) is 3.10. The second-order valence-electron chi connectivity index (χ2n) is 1.97. The van der Waals surface area contributed by atoms with E-state index in [0.717, 1.165) is 0 Å². The minimum atomic E-state index is -0.559. The van der Waals surface area contributed by atoms with Crippen molar-refractivity contribution in [3.63, 3.8) is 0 Å². The largest absolute Gasteiger partial charge is 0.387 e. The Balaban J connectivity index is 3.64. The van der Waals surface area contributed by atoms with Crippen molar-refractivity contribution in [2.75, 3.05) is 0 Å². The maximum absolute atomic E-state index is 8.97. The summed E-state index contributed by atoms with van der Waals surface area (Å²) in [5, 5.41) is 8.74. The Hall–Kier alpha value is -0.0100. The lowest BCUT2D eigenvalue weighted by Gasteiger charge is -2.10. The highest BCUT2D eigenvalue weighted by molar-refractivity contribution is 6.20. The van der Waals surface area contributed by atoms with Gasteiger partial charge in [-0.3, -0.25) is 0 Å². The average Bonchev–Trinajstić information content (AvgIpc) is 1.64. The first-order valence-corrected chi connectivity index (χ1v) is 2.97. The van der Waals surface area contributed by atoms with E-state index in [-0.39, 0.29) is 5.38 Å². The molecule has 0 aromatic rings. The summed E-state index contributed by atoms with van der Waals surface area (Å²) < 4.78 is 0. The molecule has 0 saturated heterocycles. The number of aliphatic hydroxyl groups is 1. The Morgan fingerprint density at radius 2 is 2.12 bits per heavy atom. The molecule has 0 amide bonds. The molecule has 8 heavy (non-hydrogen) atoms. The summed E-state index contributed by atoms with van der Waals surface area (Å²) in [5.74, 6) is 0. The van der Waals surface area contributed by atoms with Crippen LogP contribution in [0.1, 0.15) is 13.8 Å². The van der Waals surface area contributed by atoms with Gasteiger partial charge in [0.1, 0.15) is 0 Å². The number of halogens is 1. The van der Waals surface area contributed by atoms with Crippen molar-refractivity contribution >= 4 is 11.6 Å². The summed E-state index contributed by atoms with van der Waals surface area (Å²) in [6, 6.07) is 0. The summed E-state index contributed by atoms with van der Waals surface area (Å²) >= 11 is 5.51. The van der Waals surface area contributed by atoms with E-state index in [1.54, 1.807) is 13.8 Å². The van der Waals surface area contributed by atoms with Crippen molar-refractivity contribution in [1.29, 1.82) is 0 Å². The zero-order valence-corrected chi connectivity index (χ0v) is 5.94. The van der Waals surface area contributed by atoms with Crippen LogP contribution >= 0.6 is 11.6 Å². The number of alkyl halides is 1. The van der Waals surface area contributed by atoms with E-state index in [0.29, 0.717) is 5.57 Å². The summed E-state index contributed by atoms with van der Waals surface area (Å²) in [6.45, 7) is 7.03. The van der Waals surface area contributed by atoms with Gasteiger partial charge in [-0.05, 0) is 13.8 Å². The van der Waals surface area contributed by atoms with E-state index in [4.69, 9.17) is 16.7 Å².